The predicted octanol–water partition coefficient (Wildman–Crippen LogP) is 16.9. The van der Waals surface area contributed by atoms with Gasteiger partial charge in [0, 0.05) is 37.2 Å². The Morgan fingerprint density at radius 1 is 0.270 bits per heavy atom. The maximum Gasteiger partial charge on any atom is 0.0726 e. The minimum atomic E-state index is -0.474. The molecule has 11 aromatic rings. The summed E-state index contributed by atoms with van der Waals surface area (Å²) in [4.78, 5) is 2.47. The van der Waals surface area contributed by atoms with Crippen molar-refractivity contribution in [2.45, 2.75) is 5.41 Å². The summed E-state index contributed by atoms with van der Waals surface area (Å²) in [5.41, 5.74) is 20.7. The molecule has 2 aliphatic carbocycles. The molecule has 10 aromatic carbocycles. The molecule has 13 rings (SSSR count). The van der Waals surface area contributed by atoms with Crippen LogP contribution in [0.2, 0.25) is 0 Å². The summed E-state index contributed by atoms with van der Waals surface area (Å²) in [6.07, 6.45) is 0. The van der Waals surface area contributed by atoms with E-state index >= 15 is 0 Å². The van der Waals surface area contributed by atoms with Crippen LogP contribution in [0.25, 0.3) is 75.8 Å². The molecule has 1 heterocycles. The zero-order valence-electron chi connectivity index (χ0n) is 34.4. The van der Waals surface area contributed by atoms with E-state index in [2.05, 4.69) is 241 Å². The Morgan fingerprint density at radius 3 is 1.41 bits per heavy atom. The first kappa shape index (κ1) is 35.9. The van der Waals surface area contributed by atoms with E-state index in [0.717, 1.165) is 17.1 Å². The van der Waals surface area contributed by atoms with Crippen molar-refractivity contribution in [2.24, 2.45) is 0 Å². The maximum absolute atomic E-state index is 2.50. The van der Waals surface area contributed by atoms with Crippen molar-refractivity contribution < 1.29 is 0 Å². The number of benzene rings is 10. The Morgan fingerprint density at radius 2 is 0.730 bits per heavy atom. The lowest BCUT2D eigenvalue weighted by Crippen LogP contribution is -2.26. The van der Waals surface area contributed by atoms with Crippen LogP contribution < -0.4 is 4.90 Å². The Labute approximate surface area is 371 Å². The minimum absolute atomic E-state index is 0.474. The molecule has 2 aliphatic rings. The van der Waals surface area contributed by atoms with Gasteiger partial charge < -0.3 is 4.90 Å². The van der Waals surface area contributed by atoms with Crippen molar-refractivity contribution in [3.05, 3.63) is 259 Å². The highest BCUT2D eigenvalue weighted by molar-refractivity contribution is 7.25. The number of anilines is 3. The zero-order valence-corrected chi connectivity index (χ0v) is 35.2. The second kappa shape index (κ2) is 14.1. The standard InChI is InChI=1S/C61H39NS/c1-3-13-40(14-4-1)42-23-25-43(26-24-42)44-27-30-46(31-28-44)62(47-33-36-60-54(38-47)52-19-9-12-22-59(52)63-60)48-32-34-51-53-37-45(41-15-5-2-6-16-41)29-35-57(53)61(58(51)39-48)55-20-10-7-17-49(55)50-18-8-11-21-56(50)61/h1-39H. The van der Waals surface area contributed by atoms with Crippen molar-refractivity contribution in [3.8, 4) is 55.6 Å². The van der Waals surface area contributed by atoms with Crippen LogP contribution in [0.15, 0.2) is 237 Å². The van der Waals surface area contributed by atoms with E-state index in [9.17, 15) is 0 Å². The molecular formula is C61H39NS. The Hall–Kier alpha value is -7.78. The van der Waals surface area contributed by atoms with E-state index in [-0.39, 0.29) is 0 Å². The lowest BCUT2D eigenvalue weighted by Gasteiger charge is -2.32. The van der Waals surface area contributed by atoms with Gasteiger partial charge in [0.05, 0.1) is 5.41 Å². The third-order valence-corrected chi connectivity index (χ3v) is 14.7. The van der Waals surface area contributed by atoms with Crippen molar-refractivity contribution in [1.82, 2.24) is 0 Å². The lowest BCUT2D eigenvalue weighted by molar-refractivity contribution is 0.794. The van der Waals surface area contributed by atoms with E-state index in [1.165, 1.54) is 98.1 Å². The molecule has 0 aliphatic heterocycles. The van der Waals surface area contributed by atoms with Gasteiger partial charge in [0.1, 0.15) is 0 Å². The zero-order chi connectivity index (χ0) is 41.5. The van der Waals surface area contributed by atoms with E-state index in [4.69, 9.17) is 0 Å². The van der Waals surface area contributed by atoms with Gasteiger partial charge in [-0.3, -0.25) is 0 Å². The molecule has 1 aromatic heterocycles. The minimum Gasteiger partial charge on any atom is -0.310 e. The molecule has 294 valence electrons. The smallest absolute Gasteiger partial charge is 0.0726 e. The molecule has 0 amide bonds. The molecule has 0 saturated heterocycles. The van der Waals surface area contributed by atoms with Gasteiger partial charge in [-0.2, -0.15) is 0 Å². The predicted molar refractivity (Wildman–Crippen MR) is 267 cm³/mol. The third-order valence-electron chi connectivity index (χ3n) is 13.5. The Balaban J connectivity index is 1.01. The lowest BCUT2D eigenvalue weighted by atomic mass is 9.70. The molecule has 0 radical (unpaired) electrons. The van der Waals surface area contributed by atoms with Crippen molar-refractivity contribution in [1.29, 1.82) is 0 Å². The van der Waals surface area contributed by atoms with Crippen LogP contribution in [0.5, 0.6) is 0 Å². The van der Waals surface area contributed by atoms with E-state index in [1.54, 1.807) is 0 Å². The molecule has 0 N–H and O–H groups in total. The van der Waals surface area contributed by atoms with E-state index < -0.39 is 5.41 Å². The molecule has 63 heavy (non-hydrogen) atoms. The van der Waals surface area contributed by atoms with Crippen LogP contribution in [0.4, 0.5) is 17.1 Å². The van der Waals surface area contributed by atoms with Crippen LogP contribution >= 0.6 is 11.3 Å². The fourth-order valence-electron chi connectivity index (χ4n) is 10.7. The topological polar surface area (TPSA) is 3.24 Å². The van der Waals surface area contributed by atoms with Crippen molar-refractivity contribution in [3.63, 3.8) is 0 Å². The maximum atomic E-state index is 2.50. The van der Waals surface area contributed by atoms with Crippen molar-refractivity contribution >= 4 is 48.6 Å². The quantitative estimate of drug-likeness (QED) is 0.162. The largest absolute Gasteiger partial charge is 0.310 e. The third kappa shape index (κ3) is 5.48. The molecule has 2 heteroatoms. The second-order valence-corrected chi connectivity index (χ2v) is 17.9. The fraction of sp³-hybridized carbons (Fsp3) is 0.0164. The highest BCUT2D eigenvalue weighted by Crippen LogP contribution is 2.63. The van der Waals surface area contributed by atoms with E-state index in [0.29, 0.717) is 0 Å². The number of nitrogens with zero attached hydrogens (tertiary/aromatic N) is 1. The Bertz CT molecular complexity index is 3500. The molecule has 0 bridgehead atoms. The van der Waals surface area contributed by atoms with Crippen LogP contribution in [0, 0.1) is 0 Å². The van der Waals surface area contributed by atoms with Gasteiger partial charge in [0.25, 0.3) is 0 Å². The number of thiophene rings is 1. The summed E-state index contributed by atoms with van der Waals surface area (Å²) < 4.78 is 2.61. The van der Waals surface area contributed by atoms with Crippen LogP contribution in [0.1, 0.15) is 22.3 Å². The summed E-state index contributed by atoms with van der Waals surface area (Å²) in [5, 5.41) is 2.58. The monoisotopic (exact) mass is 817 g/mol. The first-order valence-electron chi connectivity index (χ1n) is 21.7. The summed E-state index contributed by atoms with van der Waals surface area (Å²) in [7, 11) is 0. The average molecular weight is 818 g/mol. The van der Waals surface area contributed by atoms with E-state index in [1.807, 2.05) is 11.3 Å². The normalized spacial score (nSPS) is 12.9. The van der Waals surface area contributed by atoms with Gasteiger partial charge in [0.2, 0.25) is 0 Å². The molecule has 0 saturated carbocycles. The van der Waals surface area contributed by atoms with Gasteiger partial charge in [0.15, 0.2) is 0 Å². The van der Waals surface area contributed by atoms with Gasteiger partial charge in [-0.1, -0.05) is 182 Å². The van der Waals surface area contributed by atoms with Crippen LogP contribution in [-0.2, 0) is 5.41 Å². The fourth-order valence-corrected chi connectivity index (χ4v) is 11.8. The number of fused-ring (bicyclic) bond motifs is 13. The van der Waals surface area contributed by atoms with Crippen LogP contribution in [-0.4, -0.2) is 0 Å². The highest BCUT2D eigenvalue weighted by atomic mass is 32.1. The first-order chi connectivity index (χ1) is 31.2. The second-order valence-electron chi connectivity index (χ2n) is 16.8. The number of hydrogen-bond donors (Lipinski definition) is 0. The Kier molecular flexibility index (Phi) is 8.06. The van der Waals surface area contributed by atoms with Gasteiger partial charge in [-0.05, 0) is 132 Å². The summed E-state index contributed by atoms with van der Waals surface area (Å²) in [6, 6.07) is 87.8. The van der Waals surface area contributed by atoms with Crippen molar-refractivity contribution in [2.75, 3.05) is 4.90 Å². The molecule has 0 unspecified atom stereocenters. The summed E-state index contributed by atoms with van der Waals surface area (Å²) >= 11 is 1.86. The van der Waals surface area contributed by atoms with Crippen LogP contribution in [0.3, 0.4) is 0 Å². The molecule has 1 nitrogen and oxygen atoms in total. The number of rotatable bonds is 6. The highest BCUT2D eigenvalue weighted by Gasteiger charge is 2.51. The molecular weight excluding hydrogens is 779 g/mol. The molecule has 0 atom stereocenters. The SMILES string of the molecule is c1ccc(-c2ccc(-c3ccc(N(c4ccc5c(c4)C4(c6ccccc6-c6ccccc64)c4ccc(-c6ccccc6)cc4-5)c4ccc5sc6ccccc6c5c4)cc3)cc2)cc1. The molecule has 1 spiro atoms. The molecule has 0 fully saturated rings. The number of hydrogen-bond acceptors (Lipinski definition) is 2. The van der Waals surface area contributed by atoms with Gasteiger partial charge in [-0.25, -0.2) is 0 Å². The van der Waals surface area contributed by atoms with Gasteiger partial charge >= 0.3 is 0 Å². The average Bonchev–Trinajstić information content (AvgIpc) is 3.98. The first-order valence-corrected chi connectivity index (χ1v) is 22.6. The summed E-state index contributed by atoms with van der Waals surface area (Å²) in [6.45, 7) is 0. The van der Waals surface area contributed by atoms with Gasteiger partial charge in [-0.15, -0.1) is 11.3 Å². The summed E-state index contributed by atoms with van der Waals surface area (Å²) in [5.74, 6) is 0.